The van der Waals surface area contributed by atoms with Gasteiger partial charge in [0, 0.05) is 5.02 Å². The van der Waals surface area contributed by atoms with Gasteiger partial charge in [0.05, 0.1) is 12.1 Å². The van der Waals surface area contributed by atoms with E-state index in [-0.39, 0.29) is 11.9 Å². The van der Waals surface area contributed by atoms with E-state index in [1.165, 1.54) is 0 Å². The Labute approximate surface area is 120 Å². The predicted molar refractivity (Wildman–Crippen MR) is 80.1 cm³/mol. The van der Waals surface area contributed by atoms with Gasteiger partial charge in [-0.3, -0.25) is 4.79 Å². The van der Waals surface area contributed by atoms with Crippen LogP contribution in [0, 0.1) is 0 Å². The fraction of sp³-hybridized carbons (Fsp3) is 0.533. The molecule has 1 aromatic rings. The molecular weight excluding hydrogens is 260 g/mol. The first-order valence-electron chi connectivity index (χ1n) is 6.89. The number of carbonyl (C=O) groups is 1. The van der Waals surface area contributed by atoms with Crippen LogP contribution in [0.2, 0.25) is 5.02 Å². The molecule has 0 radical (unpaired) electrons. The van der Waals surface area contributed by atoms with Gasteiger partial charge in [-0.15, -0.1) is 0 Å². The lowest BCUT2D eigenvalue weighted by Crippen LogP contribution is -2.42. The van der Waals surface area contributed by atoms with Crippen molar-refractivity contribution in [3.05, 3.63) is 34.9 Å². The van der Waals surface area contributed by atoms with E-state index in [4.69, 9.17) is 17.3 Å². The summed E-state index contributed by atoms with van der Waals surface area (Å²) in [5.41, 5.74) is 6.90. The molecule has 1 rings (SSSR count). The van der Waals surface area contributed by atoms with Crippen molar-refractivity contribution in [3.8, 4) is 0 Å². The maximum Gasteiger partial charge on any atom is 0.237 e. The zero-order valence-electron chi connectivity index (χ0n) is 11.7. The second-order valence-corrected chi connectivity index (χ2v) is 5.21. The Morgan fingerprint density at radius 1 is 1.42 bits per heavy atom. The van der Waals surface area contributed by atoms with Crippen molar-refractivity contribution in [2.45, 2.75) is 51.6 Å². The standard InChI is InChI=1S/C15H23ClN2O/c1-3-5-9-13(17)15(19)18-14(4-2)11-7-6-8-12(16)10-11/h6-8,10,13-14H,3-5,9,17H2,1-2H3,(H,18,19). The maximum absolute atomic E-state index is 12.0. The molecule has 0 saturated carbocycles. The third kappa shape index (κ3) is 5.21. The van der Waals surface area contributed by atoms with Gasteiger partial charge in [0.15, 0.2) is 0 Å². The fourth-order valence-corrected chi connectivity index (χ4v) is 2.18. The molecule has 4 heteroatoms. The molecule has 106 valence electrons. The number of halogens is 1. The van der Waals surface area contributed by atoms with Crippen molar-refractivity contribution in [2.24, 2.45) is 5.73 Å². The Bertz CT molecular complexity index is 409. The highest BCUT2D eigenvalue weighted by molar-refractivity contribution is 6.30. The lowest BCUT2D eigenvalue weighted by Gasteiger charge is -2.20. The van der Waals surface area contributed by atoms with E-state index < -0.39 is 6.04 Å². The smallest absolute Gasteiger partial charge is 0.237 e. The van der Waals surface area contributed by atoms with Crippen LogP contribution in [0.15, 0.2) is 24.3 Å². The van der Waals surface area contributed by atoms with Crippen molar-refractivity contribution < 1.29 is 4.79 Å². The molecule has 0 fully saturated rings. The summed E-state index contributed by atoms with van der Waals surface area (Å²) in [6, 6.07) is 7.12. The van der Waals surface area contributed by atoms with E-state index >= 15 is 0 Å². The lowest BCUT2D eigenvalue weighted by molar-refractivity contribution is -0.123. The van der Waals surface area contributed by atoms with Crippen molar-refractivity contribution in [2.75, 3.05) is 0 Å². The van der Waals surface area contributed by atoms with Gasteiger partial charge >= 0.3 is 0 Å². The zero-order chi connectivity index (χ0) is 14.3. The van der Waals surface area contributed by atoms with Crippen molar-refractivity contribution in [3.63, 3.8) is 0 Å². The first kappa shape index (κ1) is 16.0. The topological polar surface area (TPSA) is 55.1 Å². The number of rotatable bonds is 7. The Kier molecular flexibility index (Phi) is 6.89. The predicted octanol–water partition coefficient (Wildman–Crippen LogP) is 3.42. The zero-order valence-corrected chi connectivity index (χ0v) is 12.4. The van der Waals surface area contributed by atoms with Gasteiger partial charge in [0.25, 0.3) is 0 Å². The second kappa shape index (κ2) is 8.18. The molecule has 0 saturated heterocycles. The number of unbranched alkanes of at least 4 members (excludes halogenated alkanes) is 1. The van der Waals surface area contributed by atoms with Crippen LogP contribution in [0.5, 0.6) is 0 Å². The van der Waals surface area contributed by atoms with Gasteiger partial charge in [0.2, 0.25) is 5.91 Å². The summed E-state index contributed by atoms with van der Waals surface area (Å²) in [6.07, 6.45) is 3.57. The Morgan fingerprint density at radius 2 is 2.16 bits per heavy atom. The Balaban J connectivity index is 2.64. The van der Waals surface area contributed by atoms with Crippen LogP contribution in [-0.4, -0.2) is 11.9 Å². The van der Waals surface area contributed by atoms with Gasteiger partial charge in [-0.2, -0.15) is 0 Å². The number of hydrogen-bond acceptors (Lipinski definition) is 2. The second-order valence-electron chi connectivity index (χ2n) is 4.77. The van der Waals surface area contributed by atoms with Crippen LogP contribution in [-0.2, 0) is 4.79 Å². The molecule has 0 spiro atoms. The number of nitrogens with one attached hydrogen (secondary N) is 1. The van der Waals surface area contributed by atoms with Crippen LogP contribution in [0.1, 0.15) is 51.1 Å². The minimum atomic E-state index is -0.423. The number of amides is 1. The number of carbonyl (C=O) groups excluding carboxylic acids is 1. The average Bonchev–Trinajstić information content (AvgIpc) is 2.41. The number of hydrogen-bond donors (Lipinski definition) is 2. The van der Waals surface area contributed by atoms with Crippen molar-refractivity contribution >= 4 is 17.5 Å². The highest BCUT2D eigenvalue weighted by atomic mass is 35.5. The Hall–Kier alpha value is -1.06. The van der Waals surface area contributed by atoms with Crippen LogP contribution in [0.3, 0.4) is 0 Å². The minimum Gasteiger partial charge on any atom is -0.348 e. The molecular formula is C15H23ClN2O. The quantitative estimate of drug-likeness (QED) is 0.805. The highest BCUT2D eigenvalue weighted by Crippen LogP contribution is 2.20. The summed E-state index contributed by atoms with van der Waals surface area (Å²) in [5.74, 6) is -0.0831. The van der Waals surface area contributed by atoms with Gasteiger partial charge in [0.1, 0.15) is 0 Å². The van der Waals surface area contributed by atoms with Gasteiger partial charge in [-0.25, -0.2) is 0 Å². The summed E-state index contributed by atoms with van der Waals surface area (Å²) in [7, 11) is 0. The van der Waals surface area contributed by atoms with Gasteiger partial charge in [-0.1, -0.05) is 50.4 Å². The largest absolute Gasteiger partial charge is 0.348 e. The Morgan fingerprint density at radius 3 is 2.74 bits per heavy atom. The van der Waals surface area contributed by atoms with Crippen molar-refractivity contribution in [1.29, 1.82) is 0 Å². The molecule has 19 heavy (non-hydrogen) atoms. The first-order valence-corrected chi connectivity index (χ1v) is 7.27. The summed E-state index contributed by atoms with van der Waals surface area (Å²) in [4.78, 5) is 12.0. The molecule has 0 aromatic heterocycles. The molecule has 1 aromatic carbocycles. The van der Waals surface area contributed by atoms with E-state index in [1.807, 2.05) is 31.2 Å². The van der Waals surface area contributed by atoms with Gasteiger partial charge < -0.3 is 11.1 Å². The first-order chi connectivity index (χ1) is 9.08. The molecule has 0 aliphatic carbocycles. The summed E-state index contributed by atoms with van der Waals surface area (Å²) < 4.78 is 0. The van der Waals surface area contributed by atoms with Crippen LogP contribution < -0.4 is 11.1 Å². The third-order valence-corrected chi connectivity index (χ3v) is 3.42. The normalized spacial score (nSPS) is 13.9. The fourth-order valence-electron chi connectivity index (χ4n) is 1.98. The molecule has 3 N–H and O–H groups in total. The molecule has 0 heterocycles. The molecule has 0 aliphatic heterocycles. The van der Waals surface area contributed by atoms with E-state index in [1.54, 1.807) is 0 Å². The van der Waals surface area contributed by atoms with Crippen LogP contribution in [0.4, 0.5) is 0 Å². The third-order valence-electron chi connectivity index (χ3n) is 3.18. The average molecular weight is 283 g/mol. The van der Waals surface area contributed by atoms with E-state index in [2.05, 4.69) is 12.2 Å². The summed E-state index contributed by atoms with van der Waals surface area (Å²) >= 11 is 5.98. The maximum atomic E-state index is 12.0. The van der Waals surface area contributed by atoms with E-state index in [0.29, 0.717) is 5.02 Å². The molecule has 0 aliphatic rings. The van der Waals surface area contributed by atoms with Crippen molar-refractivity contribution in [1.82, 2.24) is 5.32 Å². The van der Waals surface area contributed by atoms with E-state index in [0.717, 1.165) is 31.2 Å². The molecule has 0 bridgehead atoms. The monoisotopic (exact) mass is 282 g/mol. The molecule has 2 atom stereocenters. The molecule has 2 unspecified atom stereocenters. The van der Waals surface area contributed by atoms with E-state index in [9.17, 15) is 4.79 Å². The molecule has 1 amide bonds. The highest BCUT2D eigenvalue weighted by Gasteiger charge is 2.17. The number of benzene rings is 1. The van der Waals surface area contributed by atoms with Crippen LogP contribution >= 0.6 is 11.6 Å². The van der Waals surface area contributed by atoms with Gasteiger partial charge in [-0.05, 0) is 30.5 Å². The summed E-state index contributed by atoms with van der Waals surface area (Å²) in [5, 5.41) is 3.68. The van der Waals surface area contributed by atoms with Crippen LogP contribution in [0.25, 0.3) is 0 Å². The lowest BCUT2D eigenvalue weighted by atomic mass is 10.0. The number of nitrogens with two attached hydrogens (primary N) is 1. The summed E-state index contributed by atoms with van der Waals surface area (Å²) in [6.45, 7) is 4.12. The minimum absolute atomic E-state index is 0.0288. The SMILES string of the molecule is CCCCC(N)C(=O)NC(CC)c1cccc(Cl)c1. The molecule has 3 nitrogen and oxygen atoms in total.